The van der Waals surface area contributed by atoms with E-state index in [9.17, 15) is 14.7 Å². The molecule has 0 spiro atoms. The lowest BCUT2D eigenvalue weighted by Gasteiger charge is -2.29. The van der Waals surface area contributed by atoms with E-state index in [-0.39, 0.29) is 19.8 Å². The Morgan fingerprint density at radius 1 is 1.28 bits per heavy atom. The molecule has 0 radical (unpaired) electrons. The van der Waals surface area contributed by atoms with Gasteiger partial charge in [0.2, 0.25) is 0 Å². The lowest BCUT2D eigenvalue weighted by atomic mass is 10.0. The zero-order valence-electron chi connectivity index (χ0n) is 14.9. The van der Waals surface area contributed by atoms with Gasteiger partial charge in [-0.2, -0.15) is 0 Å². The molecule has 7 nitrogen and oxygen atoms in total. The van der Waals surface area contributed by atoms with Crippen molar-refractivity contribution < 1.29 is 24.2 Å². The van der Waals surface area contributed by atoms with Gasteiger partial charge in [0.15, 0.2) is 0 Å². The summed E-state index contributed by atoms with van der Waals surface area (Å²) in [6.45, 7) is 5.81. The van der Waals surface area contributed by atoms with E-state index in [0.29, 0.717) is 13.0 Å². The zero-order chi connectivity index (χ0) is 18.5. The Bertz CT molecular complexity index is 599. The fourth-order valence-corrected chi connectivity index (χ4v) is 2.60. The van der Waals surface area contributed by atoms with Gasteiger partial charge in [0, 0.05) is 13.1 Å². The van der Waals surface area contributed by atoms with Crippen molar-refractivity contribution in [3.05, 3.63) is 35.9 Å². The number of hydrogen-bond acceptors (Lipinski definition) is 5. The molecule has 1 saturated heterocycles. The van der Waals surface area contributed by atoms with Gasteiger partial charge in [0.1, 0.15) is 12.2 Å². The van der Waals surface area contributed by atoms with Crippen LogP contribution in [0.25, 0.3) is 0 Å². The van der Waals surface area contributed by atoms with Crippen molar-refractivity contribution in [2.45, 2.75) is 44.9 Å². The molecule has 7 heteroatoms. The second-order valence-electron chi connectivity index (χ2n) is 7.28. The smallest absolute Gasteiger partial charge is 0.410 e. The second kappa shape index (κ2) is 7.74. The van der Waals surface area contributed by atoms with Crippen LogP contribution in [0.3, 0.4) is 0 Å². The minimum Gasteiger partial charge on any atom is -0.445 e. The number of ether oxygens (including phenoxy) is 2. The first kappa shape index (κ1) is 19.1. The molecule has 1 heterocycles. The summed E-state index contributed by atoms with van der Waals surface area (Å²) in [4.78, 5) is 25.7. The van der Waals surface area contributed by atoms with E-state index < -0.39 is 23.3 Å². The van der Waals surface area contributed by atoms with E-state index in [2.05, 4.69) is 5.32 Å². The lowest BCUT2D eigenvalue weighted by molar-refractivity contribution is 0.0267. The number of nitrogens with zero attached hydrogens (tertiary/aromatic N) is 1. The molecule has 0 aliphatic carbocycles. The van der Waals surface area contributed by atoms with E-state index in [1.54, 1.807) is 20.8 Å². The maximum atomic E-state index is 12.1. The topological polar surface area (TPSA) is 88.1 Å². The highest BCUT2D eigenvalue weighted by Gasteiger charge is 2.42. The molecule has 138 valence electrons. The quantitative estimate of drug-likeness (QED) is 0.870. The van der Waals surface area contributed by atoms with Crippen molar-refractivity contribution >= 4 is 12.2 Å². The van der Waals surface area contributed by atoms with Crippen molar-refractivity contribution in [2.75, 3.05) is 19.7 Å². The van der Waals surface area contributed by atoms with Crippen LogP contribution < -0.4 is 5.32 Å². The molecule has 0 saturated carbocycles. The summed E-state index contributed by atoms with van der Waals surface area (Å²) >= 11 is 0. The maximum absolute atomic E-state index is 12.1. The number of alkyl carbamates (subject to hydrolysis) is 1. The van der Waals surface area contributed by atoms with Crippen LogP contribution in [0.15, 0.2) is 30.3 Å². The van der Waals surface area contributed by atoms with Crippen LogP contribution in [-0.2, 0) is 16.1 Å². The largest absolute Gasteiger partial charge is 0.445 e. The minimum atomic E-state index is -0.912. The van der Waals surface area contributed by atoms with Crippen LogP contribution in [0.5, 0.6) is 0 Å². The van der Waals surface area contributed by atoms with Crippen LogP contribution >= 0.6 is 0 Å². The number of aliphatic hydroxyl groups excluding tert-OH is 1. The molecule has 2 N–H and O–H groups in total. The Labute approximate surface area is 147 Å². The third-order valence-corrected chi connectivity index (χ3v) is 3.89. The SMILES string of the molecule is CC(C)(C)OC(=O)N1CC[C@](CO)(NC(=O)OCc2ccccc2)C1. The predicted molar refractivity (Wildman–Crippen MR) is 92.0 cm³/mol. The van der Waals surface area contributed by atoms with Gasteiger partial charge in [-0.05, 0) is 32.8 Å². The van der Waals surface area contributed by atoms with Crippen LogP contribution in [-0.4, -0.2) is 53.0 Å². The molecule has 1 atom stereocenters. The number of aliphatic hydroxyl groups is 1. The molecule has 1 aromatic rings. The number of carbonyl (C=O) groups is 2. The number of amides is 2. The number of nitrogens with one attached hydrogen (secondary N) is 1. The van der Waals surface area contributed by atoms with Crippen molar-refractivity contribution in [3.8, 4) is 0 Å². The fourth-order valence-electron chi connectivity index (χ4n) is 2.60. The molecular weight excluding hydrogens is 324 g/mol. The summed E-state index contributed by atoms with van der Waals surface area (Å²) in [5.74, 6) is 0. The van der Waals surface area contributed by atoms with Gasteiger partial charge in [0.05, 0.1) is 12.1 Å². The third kappa shape index (κ3) is 5.63. The van der Waals surface area contributed by atoms with Crippen molar-refractivity contribution in [1.82, 2.24) is 10.2 Å². The number of hydrogen-bond donors (Lipinski definition) is 2. The van der Waals surface area contributed by atoms with Crippen LogP contribution in [0.1, 0.15) is 32.8 Å². The summed E-state index contributed by atoms with van der Waals surface area (Å²) in [6.07, 6.45) is -0.644. The van der Waals surface area contributed by atoms with E-state index in [1.807, 2.05) is 30.3 Å². The lowest BCUT2D eigenvalue weighted by Crippen LogP contribution is -2.54. The molecule has 1 fully saturated rings. The summed E-state index contributed by atoms with van der Waals surface area (Å²) in [6, 6.07) is 9.32. The van der Waals surface area contributed by atoms with Crippen LogP contribution in [0.4, 0.5) is 9.59 Å². The van der Waals surface area contributed by atoms with Gasteiger partial charge in [-0.3, -0.25) is 0 Å². The number of benzene rings is 1. The minimum absolute atomic E-state index is 0.143. The van der Waals surface area contributed by atoms with Gasteiger partial charge >= 0.3 is 12.2 Å². The van der Waals surface area contributed by atoms with Gasteiger partial charge in [-0.1, -0.05) is 30.3 Å². The number of rotatable bonds is 4. The molecule has 25 heavy (non-hydrogen) atoms. The van der Waals surface area contributed by atoms with E-state index in [1.165, 1.54) is 4.90 Å². The maximum Gasteiger partial charge on any atom is 0.410 e. The molecule has 0 aromatic heterocycles. The van der Waals surface area contributed by atoms with Crippen molar-refractivity contribution in [3.63, 3.8) is 0 Å². The standard InChI is InChI=1S/C18H26N2O5/c1-17(2,3)25-16(23)20-10-9-18(12-20,13-21)19-15(22)24-11-14-7-5-4-6-8-14/h4-8,21H,9-13H2,1-3H3,(H,19,22)/t18-/m0/s1. The number of carbonyl (C=O) groups excluding carboxylic acids is 2. The van der Waals surface area contributed by atoms with Crippen molar-refractivity contribution in [1.29, 1.82) is 0 Å². The van der Waals surface area contributed by atoms with E-state index in [0.717, 1.165) is 5.56 Å². The summed E-state index contributed by atoms with van der Waals surface area (Å²) in [7, 11) is 0. The fraction of sp³-hybridized carbons (Fsp3) is 0.556. The van der Waals surface area contributed by atoms with Gasteiger partial charge < -0.3 is 24.8 Å². The highest BCUT2D eigenvalue weighted by atomic mass is 16.6. The van der Waals surface area contributed by atoms with E-state index >= 15 is 0 Å². The third-order valence-electron chi connectivity index (χ3n) is 3.89. The monoisotopic (exact) mass is 350 g/mol. The molecule has 2 amide bonds. The Hall–Kier alpha value is -2.28. The van der Waals surface area contributed by atoms with Gasteiger partial charge in [0.25, 0.3) is 0 Å². The first-order valence-electron chi connectivity index (χ1n) is 8.31. The number of likely N-dealkylation sites (tertiary alicyclic amines) is 1. The van der Waals surface area contributed by atoms with Crippen LogP contribution in [0.2, 0.25) is 0 Å². The molecule has 1 aliphatic rings. The molecule has 2 rings (SSSR count). The average Bonchev–Trinajstić information content (AvgIpc) is 2.97. The molecule has 0 bridgehead atoms. The molecule has 0 unspecified atom stereocenters. The highest BCUT2D eigenvalue weighted by molar-refractivity contribution is 5.71. The Morgan fingerprint density at radius 3 is 2.56 bits per heavy atom. The highest BCUT2D eigenvalue weighted by Crippen LogP contribution is 2.23. The Kier molecular flexibility index (Phi) is 5.89. The first-order chi connectivity index (χ1) is 11.7. The van der Waals surface area contributed by atoms with Crippen molar-refractivity contribution in [2.24, 2.45) is 0 Å². The molecule has 1 aliphatic heterocycles. The second-order valence-corrected chi connectivity index (χ2v) is 7.28. The molecule has 1 aromatic carbocycles. The van der Waals surface area contributed by atoms with Gasteiger partial charge in [-0.25, -0.2) is 9.59 Å². The Morgan fingerprint density at radius 2 is 1.96 bits per heavy atom. The summed E-state index contributed by atoms with van der Waals surface area (Å²) in [5.41, 5.74) is -0.633. The zero-order valence-corrected chi connectivity index (χ0v) is 14.9. The Balaban J connectivity index is 1.88. The predicted octanol–water partition coefficient (Wildman–Crippen LogP) is 2.28. The average molecular weight is 350 g/mol. The molecular formula is C18H26N2O5. The first-order valence-corrected chi connectivity index (χ1v) is 8.31. The summed E-state index contributed by atoms with van der Waals surface area (Å²) in [5, 5.41) is 12.4. The normalized spacial score (nSPS) is 20.2. The van der Waals surface area contributed by atoms with Gasteiger partial charge in [-0.15, -0.1) is 0 Å². The summed E-state index contributed by atoms with van der Waals surface area (Å²) < 4.78 is 10.5. The van der Waals surface area contributed by atoms with Crippen LogP contribution in [0, 0.1) is 0 Å². The van der Waals surface area contributed by atoms with E-state index in [4.69, 9.17) is 9.47 Å².